The molecule has 0 saturated heterocycles. The second kappa shape index (κ2) is 6.22. The van der Waals surface area contributed by atoms with Gasteiger partial charge >= 0.3 is 12.1 Å². The van der Waals surface area contributed by atoms with Crippen LogP contribution in [0.25, 0.3) is 0 Å². The van der Waals surface area contributed by atoms with Crippen molar-refractivity contribution < 1.29 is 19.1 Å². The molecular weight excluding hydrogens is 172 g/mol. The highest BCUT2D eigenvalue weighted by molar-refractivity contribution is 5.93. The zero-order valence-corrected chi connectivity index (χ0v) is 8.12. The fraction of sp³-hybridized carbons (Fsp3) is 0.556. The number of allylic oxidation sites excluding steroid dienone is 1. The SMILES string of the molecule is CCC=C(C)C(=O)OC(=O)OCC. The normalized spacial score (nSPS) is 10.8. The Balaban J connectivity index is 4.00. The molecule has 0 amide bonds. The van der Waals surface area contributed by atoms with E-state index >= 15 is 0 Å². The van der Waals surface area contributed by atoms with E-state index in [1.165, 1.54) is 0 Å². The van der Waals surface area contributed by atoms with Crippen molar-refractivity contribution in [3.8, 4) is 0 Å². The van der Waals surface area contributed by atoms with Crippen molar-refractivity contribution in [3.63, 3.8) is 0 Å². The van der Waals surface area contributed by atoms with Gasteiger partial charge in [0.25, 0.3) is 0 Å². The maximum absolute atomic E-state index is 11.0. The van der Waals surface area contributed by atoms with E-state index < -0.39 is 12.1 Å². The molecule has 0 aliphatic rings. The molecule has 0 fully saturated rings. The van der Waals surface area contributed by atoms with Crippen molar-refractivity contribution >= 4 is 12.1 Å². The third-order valence-electron chi connectivity index (χ3n) is 1.27. The number of esters is 1. The zero-order chi connectivity index (χ0) is 10.3. The molecule has 4 nitrogen and oxygen atoms in total. The van der Waals surface area contributed by atoms with E-state index in [1.807, 2.05) is 6.92 Å². The first-order chi connectivity index (χ1) is 6.11. The molecule has 0 saturated carbocycles. The van der Waals surface area contributed by atoms with Crippen molar-refractivity contribution in [2.24, 2.45) is 0 Å². The van der Waals surface area contributed by atoms with Crippen LogP contribution in [0, 0.1) is 0 Å². The zero-order valence-electron chi connectivity index (χ0n) is 8.12. The first-order valence-electron chi connectivity index (χ1n) is 4.17. The van der Waals surface area contributed by atoms with Gasteiger partial charge in [-0.3, -0.25) is 0 Å². The molecule has 0 N–H and O–H groups in total. The summed E-state index contributed by atoms with van der Waals surface area (Å²) in [4.78, 5) is 21.7. The van der Waals surface area contributed by atoms with Crippen molar-refractivity contribution in [2.75, 3.05) is 6.61 Å². The van der Waals surface area contributed by atoms with Gasteiger partial charge in [0, 0.05) is 5.57 Å². The fourth-order valence-corrected chi connectivity index (χ4v) is 0.693. The molecule has 0 aliphatic heterocycles. The number of hydrogen-bond acceptors (Lipinski definition) is 4. The standard InChI is InChI=1S/C9H14O4/c1-4-6-7(3)8(10)13-9(11)12-5-2/h6H,4-5H2,1-3H3. The first-order valence-corrected chi connectivity index (χ1v) is 4.17. The largest absolute Gasteiger partial charge is 0.516 e. The summed E-state index contributed by atoms with van der Waals surface area (Å²) in [6.45, 7) is 5.31. The summed E-state index contributed by atoms with van der Waals surface area (Å²) in [5.41, 5.74) is 0.413. The number of ether oxygens (including phenoxy) is 2. The summed E-state index contributed by atoms with van der Waals surface area (Å²) in [6, 6.07) is 0. The van der Waals surface area contributed by atoms with E-state index in [2.05, 4.69) is 9.47 Å². The van der Waals surface area contributed by atoms with Gasteiger partial charge in [0.2, 0.25) is 0 Å². The Bertz CT molecular complexity index is 218. The Hall–Kier alpha value is -1.32. The molecular formula is C9H14O4. The minimum absolute atomic E-state index is 0.197. The fourth-order valence-electron chi connectivity index (χ4n) is 0.693. The Kier molecular flexibility index (Phi) is 5.59. The van der Waals surface area contributed by atoms with Gasteiger partial charge in [-0.05, 0) is 20.3 Å². The lowest BCUT2D eigenvalue weighted by molar-refractivity contribution is -0.135. The second-order valence-electron chi connectivity index (χ2n) is 2.37. The molecule has 0 aliphatic carbocycles. The monoisotopic (exact) mass is 186 g/mol. The van der Waals surface area contributed by atoms with E-state index in [9.17, 15) is 9.59 Å². The number of carbonyl (C=O) groups is 2. The highest BCUT2D eigenvalue weighted by atomic mass is 16.7. The van der Waals surface area contributed by atoms with Gasteiger partial charge < -0.3 is 9.47 Å². The van der Waals surface area contributed by atoms with Crippen LogP contribution in [0.3, 0.4) is 0 Å². The molecule has 0 aromatic heterocycles. The molecule has 4 heteroatoms. The molecule has 0 unspecified atom stereocenters. The van der Waals surface area contributed by atoms with Gasteiger partial charge in [-0.2, -0.15) is 0 Å². The average Bonchev–Trinajstić information content (AvgIpc) is 2.05. The minimum Gasteiger partial charge on any atom is -0.434 e. The average molecular weight is 186 g/mol. The molecule has 0 rings (SSSR count). The quantitative estimate of drug-likeness (QED) is 0.384. The predicted octanol–water partition coefficient (Wildman–Crippen LogP) is 2.04. The van der Waals surface area contributed by atoms with Crippen LogP contribution in [-0.2, 0) is 14.3 Å². The van der Waals surface area contributed by atoms with Crippen LogP contribution >= 0.6 is 0 Å². The lowest BCUT2D eigenvalue weighted by atomic mass is 10.2. The summed E-state index contributed by atoms with van der Waals surface area (Å²) < 4.78 is 8.77. The van der Waals surface area contributed by atoms with Gasteiger partial charge in [0.1, 0.15) is 0 Å². The molecule has 0 heterocycles. The van der Waals surface area contributed by atoms with Crippen molar-refractivity contribution in [3.05, 3.63) is 11.6 Å². The summed E-state index contributed by atoms with van der Waals surface area (Å²) in [5.74, 6) is -0.652. The van der Waals surface area contributed by atoms with Gasteiger partial charge in [-0.15, -0.1) is 0 Å². The van der Waals surface area contributed by atoms with E-state index in [-0.39, 0.29) is 6.61 Å². The van der Waals surface area contributed by atoms with Crippen molar-refractivity contribution in [2.45, 2.75) is 27.2 Å². The third kappa shape index (κ3) is 5.00. The van der Waals surface area contributed by atoms with Crippen molar-refractivity contribution in [1.29, 1.82) is 0 Å². The van der Waals surface area contributed by atoms with Crippen LogP contribution in [-0.4, -0.2) is 18.7 Å². The molecule has 0 bridgehead atoms. The lowest BCUT2D eigenvalue weighted by Crippen LogP contribution is -2.14. The maximum atomic E-state index is 11.0. The lowest BCUT2D eigenvalue weighted by Gasteiger charge is -2.01. The highest BCUT2D eigenvalue weighted by Gasteiger charge is 2.11. The molecule has 0 radical (unpaired) electrons. The Morgan fingerprint density at radius 3 is 2.38 bits per heavy atom. The van der Waals surface area contributed by atoms with Crippen LogP contribution in [0.2, 0.25) is 0 Å². The number of rotatable bonds is 3. The van der Waals surface area contributed by atoms with Gasteiger partial charge in [-0.1, -0.05) is 13.0 Å². The predicted molar refractivity (Wildman–Crippen MR) is 47.2 cm³/mol. The third-order valence-corrected chi connectivity index (χ3v) is 1.27. The summed E-state index contributed by atoms with van der Waals surface area (Å²) in [7, 11) is 0. The van der Waals surface area contributed by atoms with E-state index in [1.54, 1.807) is 19.9 Å². The molecule has 13 heavy (non-hydrogen) atoms. The first kappa shape index (κ1) is 11.7. The Labute approximate surface area is 77.5 Å². The summed E-state index contributed by atoms with van der Waals surface area (Å²) in [6.07, 6.45) is 1.46. The number of carbonyl (C=O) groups excluding carboxylic acids is 2. The van der Waals surface area contributed by atoms with Crippen LogP contribution in [0.4, 0.5) is 4.79 Å². The van der Waals surface area contributed by atoms with Gasteiger partial charge in [-0.25, -0.2) is 9.59 Å². The molecule has 74 valence electrons. The molecule has 0 atom stereocenters. The van der Waals surface area contributed by atoms with Crippen LogP contribution in [0.5, 0.6) is 0 Å². The van der Waals surface area contributed by atoms with Crippen LogP contribution < -0.4 is 0 Å². The maximum Gasteiger partial charge on any atom is 0.516 e. The topological polar surface area (TPSA) is 52.6 Å². The molecule has 0 aromatic carbocycles. The summed E-state index contributed by atoms with van der Waals surface area (Å²) >= 11 is 0. The van der Waals surface area contributed by atoms with Crippen LogP contribution in [0.1, 0.15) is 27.2 Å². The smallest absolute Gasteiger partial charge is 0.434 e. The second-order valence-corrected chi connectivity index (χ2v) is 2.37. The van der Waals surface area contributed by atoms with E-state index in [4.69, 9.17) is 0 Å². The van der Waals surface area contributed by atoms with Crippen LogP contribution in [0.15, 0.2) is 11.6 Å². The summed E-state index contributed by atoms with van der Waals surface area (Å²) in [5, 5.41) is 0. The van der Waals surface area contributed by atoms with Gasteiger partial charge in [0.05, 0.1) is 6.61 Å². The molecule has 0 spiro atoms. The minimum atomic E-state index is -0.948. The van der Waals surface area contributed by atoms with Crippen molar-refractivity contribution in [1.82, 2.24) is 0 Å². The van der Waals surface area contributed by atoms with E-state index in [0.717, 1.165) is 6.42 Å². The number of hydrogen-bond donors (Lipinski definition) is 0. The highest BCUT2D eigenvalue weighted by Crippen LogP contribution is 1.99. The van der Waals surface area contributed by atoms with Gasteiger partial charge in [0.15, 0.2) is 0 Å². The molecule has 0 aromatic rings. The Morgan fingerprint density at radius 2 is 1.92 bits per heavy atom. The van der Waals surface area contributed by atoms with E-state index in [0.29, 0.717) is 5.57 Å². The Morgan fingerprint density at radius 1 is 1.31 bits per heavy atom.